The van der Waals surface area contributed by atoms with Crippen molar-refractivity contribution in [1.82, 2.24) is 15.6 Å². The molecule has 0 saturated heterocycles. The summed E-state index contributed by atoms with van der Waals surface area (Å²) >= 11 is 0. The van der Waals surface area contributed by atoms with Crippen LogP contribution in [0.15, 0.2) is 46.1 Å². The first kappa shape index (κ1) is 20.3. The van der Waals surface area contributed by atoms with Crippen molar-refractivity contribution in [2.24, 2.45) is 4.99 Å². The third-order valence-electron chi connectivity index (χ3n) is 3.13. The van der Waals surface area contributed by atoms with Crippen LogP contribution in [0.2, 0.25) is 0 Å². The van der Waals surface area contributed by atoms with Gasteiger partial charge in [0.1, 0.15) is 5.76 Å². The van der Waals surface area contributed by atoms with Crippen LogP contribution in [0.3, 0.4) is 0 Å². The lowest BCUT2D eigenvalue weighted by atomic mass is 10.3. The Balaban J connectivity index is 0.00000288. The van der Waals surface area contributed by atoms with Crippen LogP contribution in [-0.2, 0) is 13.0 Å². The van der Waals surface area contributed by atoms with E-state index in [9.17, 15) is 0 Å². The lowest BCUT2D eigenvalue weighted by Gasteiger charge is -2.11. The Morgan fingerprint density at radius 1 is 1.25 bits per heavy atom. The van der Waals surface area contributed by atoms with Gasteiger partial charge in [0, 0.05) is 31.3 Å². The molecule has 0 radical (unpaired) electrons. The number of hydrogen-bond acceptors (Lipinski definition) is 4. The number of rotatable bonds is 8. The van der Waals surface area contributed by atoms with Crippen molar-refractivity contribution in [3.8, 4) is 5.88 Å². The van der Waals surface area contributed by atoms with Crippen LogP contribution in [0, 0.1) is 0 Å². The zero-order valence-electron chi connectivity index (χ0n) is 14.1. The van der Waals surface area contributed by atoms with Gasteiger partial charge in [-0.1, -0.05) is 6.07 Å². The second-order valence-electron chi connectivity index (χ2n) is 4.85. The molecule has 0 unspecified atom stereocenters. The average molecular weight is 444 g/mol. The average Bonchev–Trinajstić information content (AvgIpc) is 3.07. The summed E-state index contributed by atoms with van der Waals surface area (Å²) in [4.78, 5) is 8.83. The van der Waals surface area contributed by atoms with Crippen LogP contribution in [0.25, 0.3) is 0 Å². The molecule has 0 spiro atoms. The molecule has 0 aromatic carbocycles. The fourth-order valence-corrected chi connectivity index (χ4v) is 2.08. The molecule has 24 heavy (non-hydrogen) atoms. The third kappa shape index (κ3) is 6.77. The number of aromatic nitrogens is 1. The van der Waals surface area contributed by atoms with Gasteiger partial charge >= 0.3 is 0 Å². The molecule has 2 heterocycles. The van der Waals surface area contributed by atoms with E-state index in [4.69, 9.17) is 9.15 Å². The lowest BCUT2D eigenvalue weighted by Crippen LogP contribution is -2.38. The highest BCUT2D eigenvalue weighted by Crippen LogP contribution is 2.15. The highest BCUT2D eigenvalue weighted by atomic mass is 127. The Labute approximate surface area is 160 Å². The molecule has 2 aromatic heterocycles. The van der Waals surface area contributed by atoms with E-state index in [1.54, 1.807) is 12.5 Å². The van der Waals surface area contributed by atoms with Crippen molar-refractivity contribution in [2.45, 2.75) is 26.8 Å². The summed E-state index contributed by atoms with van der Waals surface area (Å²) in [6, 6.07) is 7.74. The van der Waals surface area contributed by atoms with Crippen LogP contribution >= 0.6 is 24.0 Å². The quantitative estimate of drug-likeness (QED) is 0.372. The summed E-state index contributed by atoms with van der Waals surface area (Å²) in [7, 11) is 0. The Morgan fingerprint density at radius 3 is 2.83 bits per heavy atom. The molecule has 0 aliphatic carbocycles. The first-order valence-electron chi connectivity index (χ1n) is 7.94. The number of ether oxygens (including phenoxy) is 1. The minimum Gasteiger partial charge on any atom is -0.478 e. The predicted octanol–water partition coefficient (Wildman–Crippen LogP) is 2.99. The van der Waals surface area contributed by atoms with E-state index in [0.29, 0.717) is 19.0 Å². The van der Waals surface area contributed by atoms with Crippen molar-refractivity contribution >= 4 is 29.9 Å². The molecule has 2 aromatic rings. The fourth-order valence-electron chi connectivity index (χ4n) is 2.08. The lowest BCUT2D eigenvalue weighted by molar-refractivity contribution is 0.323. The number of furan rings is 1. The molecule has 2 rings (SSSR count). The summed E-state index contributed by atoms with van der Waals surface area (Å²) in [6.45, 7) is 6.65. The molecule has 0 aliphatic rings. The van der Waals surface area contributed by atoms with Crippen molar-refractivity contribution < 1.29 is 9.15 Å². The van der Waals surface area contributed by atoms with Crippen LogP contribution < -0.4 is 15.4 Å². The number of guanidine groups is 1. The molecule has 0 atom stereocenters. The van der Waals surface area contributed by atoms with Crippen molar-refractivity contribution in [1.29, 1.82) is 0 Å². The Kier molecular flexibility index (Phi) is 9.90. The minimum absolute atomic E-state index is 0. The highest BCUT2D eigenvalue weighted by Gasteiger charge is 2.04. The Bertz CT molecular complexity index is 602. The number of aliphatic imine (C=N–C) groups is 1. The second-order valence-corrected chi connectivity index (χ2v) is 4.85. The van der Waals surface area contributed by atoms with Gasteiger partial charge < -0.3 is 19.8 Å². The summed E-state index contributed by atoms with van der Waals surface area (Å²) in [5, 5.41) is 6.53. The maximum Gasteiger partial charge on any atom is 0.218 e. The maximum atomic E-state index is 5.53. The van der Waals surface area contributed by atoms with Gasteiger partial charge in [-0.3, -0.25) is 0 Å². The minimum atomic E-state index is 0. The molecular formula is C17H25IN4O2. The molecule has 0 saturated carbocycles. The standard InChI is InChI=1S/C17H24N4O2.HI/c1-3-18-17(20-11-9-15-8-6-12-23-15)21-13-14-7-5-10-19-16(14)22-4-2;/h5-8,10,12H,3-4,9,11,13H2,1-2H3,(H2,18,20,21);1H. The number of pyridine rings is 1. The monoisotopic (exact) mass is 444 g/mol. The first-order chi connectivity index (χ1) is 11.3. The van der Waals surface area contributed by atoms with Gasteiger partial charge in [-0.25, -0.2) is 9.98 Å². The number of nitrogens with zero attached hydrogens (tertiary/aromatic N) is 2. The van der Waals surface area contributed by atoms with E-state index in [0.717, 1.165) is 36.8 Å². The summed E-state index contributed by atoms with van der Waals surface area (Å²) in [5.41, 5.74) is 0.970. The van der Waals surface area contributed by atoms with Crippen molar-refractivity contribution in [3.63, 3.8) is 0 Å². The number of hydrogen-bond donors (Lipinski definition) is 2. The summed E-state index contributed by atoms with van der Waals surface area (Å²) in [6.07, 6.45) is 4.23. The molecule has 7 heteroatoms. The van der Waals surface area contributed by atoms with E-state index in [1.165, 1.54) is 0 Å². The van der Waals surface area contributed by atoms with Crippen molar-refractivity contribution in [3.05, 3.63) is 48.0 Å². The smallest absolute Gasteiger partial charge is 0.218 e. The van der Waals surface area contributed by atoms with Gasteiger partial charge in [0.15, 0.2) is 5.96 Å². The maximum absolute atomic E-state index is 5.53. The predicted molar refractivity (Wildman–Crippen MR) is 106 cm³/mol. The largest absolute Gasteiger partial charge is 0.478 e. The zero-order valence-corrected chi connectivity index (χ0v) is 16.4. The van der Waals surface area contributed by atoms with Crippen molar-refractivity contribution in [2.75, 3.05) is 19.7 Å². The van der Waals surface area contributed by atoms with Crippen LogP contribution in [0.4, 0.5) is 0 Å². The van der Waals surface area contributed by atoms with Gasteiger partial charge in [0.2, 0.25) is 5.88 Å². The first-order valence-corrected chi connectivity index (χ1v) is 7.94. The molecule has 0 bridgehead atoms. The topological polar surface area (TPSA) is 71.7 Å². The molecule has 0 fully saturated rings. The van der Waals surface area contributed by atoms with Gasteiger partial charge in [0.05, 0.1) is 19.4 Å². The van der Waals surface area contributed by atoms with Crippen LogP contribution in [-0.4, -0.2) is 30.6 Å². The highest BCUT2D eigenvalue weighted by molar-refractivity contribution is 14.0. The number of halogens is 1. The molecule has 2 N–H and O–H groups in total. The second kappa shape index (κ2) is 11.7. The van der Waals surface area contributed by atoms with E-state index >= 15 is 0 Å². The number of nitrogens with one attached hydrogen (secondary N) is 2. The molecule has 0 aliphatic heterocycles. The van der Waals surface area contributed by atoms with Gasteiger partial charge in [-0.2, -0.15) is 0 Å². The molecule has 132 valence electrons. The summed E-state index contributed by atoms with van der Waals surface area (Å²) in [5.74, 6) is 2.37. The normalized spacial score (nSPS) is 10.8. The van der Waals surface area contributed by atoms with Gasteiger partial charge in [-0.15, -0.1) is 24.0 Å². The van der Waals surface area contributed by atoms with Crippen LogP contribution in [0.5, 0.6) is 5.88 Å². The van der Waals surface area contributed by atoms with E-state index in [-0.39, 0.29) is 24.0 Å². The SMILES string of the molecule is CCNC(=NCc1cccnc1OCC)NCCc1ccco1.I. The third-order valence-corrected chi connectivity index (χ3v) is 3.13. The molecule has 0 amide bonds. The summed E-state index contributed by atoms with van der Waals surface area (Å²) < 4.78 is 10.8. The Morgan fingerprint density at radius 2 is 2.12 bits per heavy atom. The zero-order chi connectivity index (χ0) is 16.3. The Hall–Kier alpha value is -1.77. The van der Waals surface area contributed by atoms with Gasteiger partial charge in [-0.05, 0) is 32.0 Å². The molecule has 6 nitrogen and oxygen atoms in total. The molecular weight excluding hydrogens is 419 g/mol. The van der Waals surface area contributed by atoms with Gasteiger partial charge in [0.25, 0.3) is 0 Å². The van der Waals surface area contributed by atoms with Crippen LogP contribution in [0.1, 0.15) is 25.2 Å². The fraction of sp³-hybridized carbons (Fsp3) is 0.412. The van der Waals surface area contributed by atoms with E-state index < -0.39 is 0 Å². The van der Waals surface area contributed by atoms with E-state index in [1.807, 2.05) is 38.1 Å². The van der Waals surface area contributed by atoms with E-state index in [2.05, 4.69) is 20.6 Å².